The van der Waals surface area contributed by atoms with Crippen molar-refractivity contribution in [2.45, 2.75) is 0 Å². The van der Waals surface area contributed by atoms with Crippen LogP contribution in [0.3, 0.4) is 0 Å². The van der Waals surface area contributed by atoms with Crippen LogP contribution >= 0.6 is 24.0 Å². The van der Waals surface area contributed by atoms with Crippen molar-refractivity contribution in [2.75, 3.05) is 11.9 Å². The molecule has 0 spiro atoms. The Morgan fingerprint density at radius 2 is 1.89 bits per heavy atom. The van der Waals surface area contributed by atoms with E-state index >= 15 is 0 Å². The van der Waals surface area contributed by atoms with Crippen molar-refractivity contribution in [1.29, 1.82) is 0 Å². The summed E-state index contributed by atoms with van der Waals surface area (Å²) in [5.41, 5.74) is 1.90. The van der Waals surface area contributed by atoms with Gasteiger partial charge in [0.15, 0.2) is 4.32 Å². The molecular weight excluding hydrogens is 282 g/mol. The Morgan fingerprint density at radius 1 is 1.21 bits per heavy atom. The Labute approximate surface area is 119 Å². The van der Waals surface area contributed by atoms with E-state index in [0.29, 0.717) is 10.5 Å². The molecule has 0 aromatic heterocycles. The molecule has 3 rings (SSSR count). The normalized spacial score (nSPS) is 22.5. The Balaban J connectivity index is 2.24. The lowest BCUT2D eigenvalue weighted by molar-refractivity contribution is -0.122. The van der Waals surface area contributed by atoms with Crippen molar-refractivity contribution >= 4 is 51.4 Å². The fourth-order valence-electron chi connectivity index (χ4n) is 2.12. The number of nitrogens with zero attached hydrogens (tertiary/aromatic N) is 2. The summed E-state index contributed by atoms with van der Waals surface area (Å²) in [6.07, 6.45) is 0. The van der Waals surface area contributed by atoms with Crippen LogP contribution in [0.4, 0.5) is 5.69 Å². The maximum atomic E-state index is 12.3. The molecule has 0 atom stereocenters. The monoisotopic (exact) mass is 291 g/mol. The molecule has 0 unspecified atom stereocenters. The van der Waals surface area contributed by atoms with Gasteiger partial charge < -0.3 is 4.90 Å². The lowest BCUT2D eigenvalue weighted by atomic mass is 10.1. The van der Waals surface area contributed by atoms with Crippen molar-refractivity contribution < 1.29 is 9.59 Å². The number of nitrogens with two attached hydrogens (primary N) is 1. The van der Waals surface area contributed by atoms with Crippen LogP contribution in [-0.4, -0.2) is 28.2 Å². The summed E-state index contributed by atoms with van der Waals surface area (Å²) < 4.78 is 0.257. The highest BCUT2D eigenvalue weighted by Crippen LogP contribution is 2.43. The van der Waals surface area contributed by atoms with Gasteiger partial charge in [0, 0.05) is 12.6 Å². The van der Waals surface area contributed by atoms with Crippen LogP contribution in [0.15, 0.2) is 29.2 Å². The summed E-state index contributed by atoms with van der Waals surface area (Å²) in [5, 5.41) is 0.899. The van der Waals surface area contributed by atoms with E-state index in [-0.39, 0.29) is 10.2 Å². The first-order valence-electron chi connectivity index (χ1n) is 5.45. The number of fused-ring (bicyclic) bond motifs is 1. The molecule has 2 aliphatic heterocycles. The van der Waals surface area contributed by atoms with Crippen LogP contribution in [0.2, 0.25) is 0 Å². The Kier molecular flexibility index (Phi) is 2.70. The highest BCUT2D eigenvalue weighted by Gasteiger charge is 2.39. The number of hydrogen-bond donors (Lipinski definition) is 1. The lowest BCUT2D eigenvalue weighted by Crippen LogP contribution is -2.35. The van der Waals surface area contributed by atoms with Crippen molar-refractivity contribution in [2.24, 2.45) is 5.84 Å². The number of hydrogen-bond acceptors (Lipinski definition) is 5. The SMILES string of the molecule is CN1C(=O)/C(=C2\SC(=S)N(N)C2=O)c2ccccc21. The molecule has 0 aliphatic carbocycles. The van der Waals surface area contributed by atoms with Gasteiger partial charge in [0.1, 0.15) is 0 Å². The van der Waals surface area contributed by atoms with E-state index in [1.807, 2.05) is 24.3 Å². The Bertz CT molecular complexity index is 669. The molecule has 0 radical (unpaired) electrons. The lowest BCUT2D eigenvalue weighted by Gasteiger charge is -2.08. The van der Waals surface area contributed by atoms with Crippen LogP contribution in [-0.2, 0) is 9.59 Å². The molecule has 1 aromatic rings. The second-order valence-electron chi connectivity index (χ2n) is 4.13. The van der Waals surface area contributed by atoms with Crippen molar-refractivity contribution in [3.63, 3.8) is 0 Å². The number of likely N-dealkylation sites (N-methyl/N-ethyl adjacent to an activating group) is 1. The Hall–Kier alpha value is -1.70. The standard InChI is InChI=1S/C12H9N3O2S2/c1-14-7-5-3-2-4-6(7)8(10(14)16)9-11(17)15(13)12(18)19-9/h2-5H,13H2,1H3/b9-8-. The molecule has 19 heavy (non-hydrogen) atoms. The molecule has 2 aliphatic rings. The Morgan fingerprint density at radius 3 is 2.53 bits per heavy atom. The van der Waals surface area contributed by atoms with Gasteiger partial charge in [-0.25, -0.2) is 10.9 Å². The molecule has 1 aromatic carbocycles. The van der Waals surface area contributed by atoms with Crippen LogP contribution in [0.25, 0.3) is 5.57 Å². The van der Waals surface area contributed by atoms with E-state index in [0.717, 1.165) is 28.0 Å². The number of benzene rings is 1. The second-order valence-corrected chi connectivity index (χ2v) is 5.77. The molecule has 2 heterocycles. The number of anilines is 1. The number of carbonyl (C=O) groups excluding carboxylic acids is 2. The van der Waals surface area contributed by atoms with E-state index in [2.05, 4.69) is 0 Å². The number of thioether (sulfide) groups is 1. The minimum absolute atomic E-state index is 0.213. The first-order chi connectivity index (χ1) is 9.02. The van der Waals surface area contributed by atoms with Gasteiger partial charge in [-0.2, -0.15) is 0 Å². The first-order valence-corrected chi connectivity index (χ1v) is 6.67. The third-order valence-electron chi connectivity index (χ3n) is 3.08. The van der Waals surface area contributed by atoms with Gasteiger partial charge in [-0.1, -0.05) is 42.2 Å². The zero-order valence-electron chi connectivity index (χ0n) is 9.91. The summed E-state index contributed by atoms with van der Waals surface area (Å²) in [5.74, 6) is 4.90. The van der Waals surface area contributed by atoms with Crippen molar-refractivity contribution in [3.8, 4) is 0 Å². The average Bonchev–Trinajstić information content (AvgIpc) is 2.80. The van der Waals surface area contributed by atoms with Gasteiger partial charge in [-0.15, -0.1) is 0 Å². The van der Waals surface area contributed by atoms with Crippen molar-refractivity contribution in [3.05, 3.63) is 34.7 Å². The molecule has 7 heteroatoms. The number of thiocarbonyl (C=S) groups is 1. The van der Waals surface area contributed by atoms with Crippen LogP contribution in [0.1, 0.15) is 5.56 Å². The van der Waals surface area contributed by atoms with Gasteiger partial charge in [0.25, 0.3) is 11.8 Å². The molecule has 0 bridgehead atoms. The summed E-state index contributed by atoms with van der Waals surface area (Å²) >= 11 is 6.05. The van der Waals surface area contributed by atoms with E-state index in [1.165, 1.54) is 4.90 Å². The number of para-hydroxylation sites is 1. The van der Waals surface area contributed by atoms with Crippen LogP contribution < -0.4 is 10.7 Å². The molecule has 2 N–H and O–H groups in total. The third kappa shape index (κ3) is 1.62. The van der Waals surface area contributed by atoms with E-state index in [4.69, 9.17) is 18.1 Å². The highest BCUT2D eigenvalue weighted by atomic mass is 32.2. The van der Waals surface area contributed by atoms with E-state index in [9.17, 15) is 9.59 Å². The van der Waals surface area contributed by atoms with Crippen LogP contribution in [0.5, 0.6) is 0 Å². The number of carbonyl (C=O) groups is 2. The fourth-order valence-corrected chi connectivity index (χ4v) is 3.29. The summed E-state index contributed by atoms with van der Waals surface area (Å²) in [4.78, 5) is 26.2. The van der Waals surface area contributed by atoms with Crippen LogP contribution in [0, 0.1) is 0 Å². The van der Waals surface area contributed by atoms with E-state index in [1.54, 1.807) is 7.05 Å². The number of rotatable bonds is 0. The summed E-state index contributed by atoms with van der Waals surface area (Å²) in [7, 11) is 1.68. The largest absolute Gasteiger partial charge is 0.311 e. The predicted octanol–water partition coefficient (Wildman–Crippen LogP) is 1.11. The summed E-state index contributed by atoms with van der Waals surface area (Å²) in [6.45, 7) is 0. The van der Waals surface area contributed by atoms with Gasteiger partial charge in [-0.3, -0.25) is 9.59 Å². The molecule has 96 valence electrons. The van der Waals surface area contributed by atoms with E-state index < -0.39 is 5.91 Å². The second kappa shape index (κ2) is 4.16. The minimum Gasteiger partial charge on any atom is -0.311 e. The zero-order chi connectivity index (χ0) is 13.7. The molecule has 1 saturated heterocycles. The zero-order valence-corrected chi connectivity index (χ0v) is 11.5. The summed E-state index contributed by atoms with van der Waals surface area (Å²) in [6, 6.07) is 7.33. The minimum atomic E-state index is -0.427. The molecule has 0 saturated carbocycles. The quantitative estimate of drug-likeness (QED) is 0.336. The average molecular weight is 291 g/mol. The maximum Gasteiger partial charge on any atom is 0.281 e. The third-order valence-corrected chi connectivity index (χ3v) is 4.48. The van der Waals surface area contributed by atoms with Gasteiger partial charge in [0.05, 0.1) is 16.2 Å². The topological polar surface area (TPSA) is 66.6 Å². The van der Waals surface area contributed by atoms with Gasteiger partial charge in [0.2, 0.25) is 0 Å². The van der Waals surface area contributed by atoms with Gasteiger partial charge >= 0.3 is 0 Å². The molecule has 2 amide bonds. The number of hydrazine groups is 1. The molecular formula is C12H9N3O2S2. The smallest absolute Gasteiger partial charge is 0.281 e. The first kappa shape index (κ1) is 12.3. The maximum absolute atomic E-state index is 12.3. The molecule has 5 nitrogen and oxygen atoms in total. The predicted molar refractivity (Wildman–Crippen MR) is 78.0 cm³/mol. The van der Waals surface area contributed by atoms with Crippen molar-refractivity contribution in [1.82, 2.24) is 5.01 Å². The highest BCUT2D eigenvalue weighted by molar-refractivity contribution is 8.26. The number of amides is 2. The fraction of sp³-hybridized carbons (Fsp3) is 0.0833. The molecule has 1 fully saturated rings. The van der Waals surface area contributed by atoms with Gasteiger partial charge in [-0.05, 0) is 6.07 Å².